The Balaban J connectivity index is 1.98. The van der Waals surface area contributed by atoms with Crippen LogP contribution in [0.4, 0.5) is 5.69 Å². The van der Waals surface area contributed by atoms with Crippen molar-refractivity contribution in [3.63, 3.8) is 0 Å². The lowest BCUT2D eigenvalue weighted by atomic mass is 9.92. The molecule has 1 aliphatic rings. The highest BCUT2D eigenvalue weighted by Gasteiger charge is 2.49. The molecule has 0 radical (unpaired) electrons. The van der Waals surface area contributed by atoms with Crippen LogP contribution in [-0.4, -0.2) is 18.5 Å². The van der Waals surface area contributed by atoms with E-state index in [-0.39, 0.29) is 6.10 Å². The van der Waals surface area contributed by atoms with Gasteiger partial charge in [-0.1, -0.05) is 78.3 Å². The van der Waals surface area contributed by atoms with Gasteiger partial charge in [-0.05, 0) is 24.6 Å². The first-order valence-corrected chi connectivity index (χ1v) is 9.95. The van der Waals surface area contributed by atoms with Gasteiger partial charge in [0, 0.05) is 28.4 Å². The van der Waals surface area contributed by atoms with E-state index in [9.17, 15) is 0 Å². The summed E-state index contributed by atoms with van der Waals surface area (Å²) in [6.07, 6.45) is -0.0922. The molecule has 0 saturated carbocycles. The number of anilines is 1. The van der Waals surface area contributed by atoms with E-state index in [2.05, 4.69) is 35.2 Å². The Morgan fingerprint density at radius 2 is 1.52 bits per heavy atom. The number of benzene rings is 3. The maximum atomic E-state index is 6.68. The molecule has 1 saturated heterocycles. The topological polar surface area (TPSA) is 12.5 Å². The highest BCUT2D eigenvalue weighted by molar-refractivity contribution is 6.31. The van der Waals surface area contributed by atoms with E-state index in [0.717, 1.165) is 27.4 Å². The first-order valence-electron chi connectivity index (χ1n) is 9.04. The second-order valence-electron chi connectivity index (χ2n) is 6.76. The highest BCUT2D eigenvalue weighted by atomic mass is 35.5. The Bertz CT molecular complexity index is 875. The molecule has 1 heterocycles. The average molecular weight is 398 g/mol. The molecule has 0 amide bonds. The fourth-order valence-electron chi connectivity index (χ4n) is 3.85. The molecular weight excluding hydrogens is 377 g/mol. The number of halogens is 2. The molecule has 0 unspecified atom stereocenters. The van der Waals surface area contributed by atoms with Crippen molar-refractivity contribution in [1.82, 2.24) is 0 Å². The van der Waals surface area contributed by atoms with Gasteiger partial charge in [-0.3, -0.25) is 0 Å². The maximum absolute atomic E-state index is 6.68. The summed E-state index contributed by atoms with van der Waals surface area (Å²) in [6.45, 7) is 2.74. The van der Waals surface area contributed by atoms with E-state index in [4.69, 9.17) is 27.9 Å². The minimum Gasteiger partial charge on any atom is -0.341 e. The third-order valence-electron chi connectivity index (χ3n) is 5.14. The normalized spacial score (nSPS) is 18.6. The summed E-state index contributed by atoms with van der Waals surface area (Å²) in [5, 5.41) is 0.747. The Labute approximate surface area is 170 Å². The van der Waals surface area contributed by atoms with Crippen LogP contribution >= 0.6 is 23.2 Å². The van der Waals surface area contributed by atoms with E-state index < -0.39 is 5.72 Å². The summed E-state index contributed by atoms with van der Waals surface area (Å²) < 4.78 is 6.68. The molecule has 1 fully saturated rings. The van der Waals surface area contributed by atoms with E-state index >= 15 is 0 Å². The molecule has 27 heavy (non-hydrogen) atoms. The fraction of sp³-hybridized carbons (Fsp3) is 0.217. The van der Waals surface area contributed by atoms with Crippen LogP contribution in [0.2, 0.25) is 5.02 Å². The van der Waals surface area contributed by atoms with Gasteiger partial charge in [0.2, 0.25) is 0 Å². The van der Waals surface area contributed by atoms with Gasteiger partial charge in [0.1, 0.15) is 0 Å². The van der Waals surface area contributed by atoms with E-state index in [1.165, 1.54) is 0 Å². The van der Waals surface area contributed by atoms with Crippen molar-refractivity contribution in [2.45, 2.75) is 18.8 Å². The summed E-state index contributed by atoms with van der Waals surface area (Å²) in [5.41, 5.74) is 3.49. The molecule has 0 aliphatic carbocycles. The third-order valence-corrected chi connectivity index (χ3v) is 5.89. The number of ether oxygens (including phenoxy) is 1. The Morgan fingerprint density at radius 3 is 2.07 bits per heavy atom. The van der Waals surface area contributed by atoms with Crippen LogP contribution in [-0.2, 0) is 10.5 Å². The van der Waals surface area contributed by atoms with Crippen molar-refractivity contribution in [3.05, 3.63) is 101 Å². The van der Waals surface area contributed by atoms with E-state index in [0.29, 0.717) is 12.4 Å². The van der Waals surface area contributed by atoms with E-state index in [1.807, 2.05) is 55.5 Å². The van der Waals surface area contributed by atoms with Gasteiger partial charge in [0.15, 0.2) is 5.72 Å². The second-order valence-corrected chi connectivity index (χ2v) is 7.48. The van der Waals surface area contributed by atoms with Gasteiger partial charge in [0.25, 0.3) is 0 Å². The number of hydrogen-bond acceptors (Lipinski definition) is 2. The maximum Gasteiger partial charge on any atom is 0.194 e. The van der Waals surface area contributed by atoms with Crippen molar-refractivity contribution in [3.8, 4) is 0 Å². The minimum absolute atomic E-state index is 0.0922. The lowest BCUT2D eigenvalue weighted by Crippen LogP contribution is -2.44. The molecule has 1 atom stereocenters. The summed E-state index contributed by atoms with van der Waals surface area (Å²) in [6, 6.07) is 26.6. The molecular formula is C23H21Cl2NO. The zero-order valence-electron chi connectivity index (χ0n) is 15.1. The number of alkyl halides is 1. The second kappa shape index (κ2) is 7.55. The van der Waals surface area contributed by atoms with Gasteiger partial charge >= 0.3 is 0 Å². The van der Waals surface area contributed by atoms with Crippen LogP contribution in [0.3, 0.4) is 0 Å². The van der Waals surface area contributed by atoms with Gasteiger partial charge in [-0.15, -0.1) is 11.6 Å². The molecule has 0 aromatic heterocycles. The summed E-state index contributed by atoms with van der Waals surface area (Å²) >= 11 is 12.7. The molecule has 2 nitrogen and oxygen atoms in total. The van der Waals surface area contributed by atoms with Crippen LogP contribution in [0.5, 0.6) is 0 Å². The molecule has 0 spiro atoms. The zero-order chi connectivity index (χ0) is 18.9. The Hall–Kier alpha value is -2.00. The monoisotopic (exact) mass is 397 g/mol. The fourth-order valence-corrected chi connectivity index (χ4v) is 4.18. The number of hydrogen-bond donors (Lipinski definition) is 0. The third kappa shape index (κ3) is 3.12. The quantitative estimate of drug-likeness (QED) is 0.501. The van der Waals surface area contributed by atoms with Crippen LogP contribution in [0.1, 0.15) is 16.7 Å². The molecule has 4 rings (SSSR count). The van der Waals surface area contributed by atoms with Crippen LogP contribution in [0, 0.1) is 6.92 Å². The largest absolute Gasteiger partial charge is 0.341 e. The molecule has 0 bridgehead atoms. The summed E-state index contributed by atoms with van der Waals surface area (Å²) in [5.74, 6) is 0.428. The van der Waals surface area contributed by atoms with Gasteiger partial charge in [-0.25, -0.2) is 0 Å². The molecule has 3 aromatic rings. The highest BCUT2D eigenvalue weighted by Crippen LogP contribution is 2.47. The predicted octanol–water partition coefficient (Wildman–Crippen LogP) is 5.99. The lowest BCUT2D eigenvalue weighted by Gasteiger charge is -2.40. The predicted molar refractivity (Wildman–Crippen MR) is 113 cm³/mol. The van der Waals surface area contributed by atoms with Crippen LogP contribution < -0.4 is 4.90 Å². The smallest absolute Gasteiger partial charge is 0.194 e. The van der Waals surface area contributed by atoms with Gasteiger partial charge in [0.05, 0.1) is 12.0 Å². The Morgan fingerprint density at radius 1 is 0.926 bits per heavy atom. The Kier molecular flexibility index (Phi) is 5.14. The number of nitrogens with zero attached hydrogens (tertiary/aromatic N) is 1. The van der Waals surface area contributed by atoms with Crippen molar-refractivity contribution >= 4 is 28.9 Å². The molecule has 138 valence electrons. The zero-order valence-corrected chi connectivity index (χ0v) is 16.6. The molecule has 0 N–H and O–H groups in total. The van der Waals surface area contributed by atoms with E-state index in [1.54, 1.807) is 0 Å². The van der Waals surface area contributed by atoms with Crippen molar-refractivity contribution < 1.29 is 4.74 Å². The lowest BCUT2D eigenvalue weighted by molar-refractivity contribution is -0.00425. The first-order chi connectivity index (χ1) is 13.2. The number of rotatable bonds is 4. The van der Waals surface area contributed by atoms with Crippen LogP contribution in [0.15, 0.2) is 78.9 Å². The molecule has 4 heteroatoms. The van der Waals surface area contributed by atoms with Crippen molar-refractivity contribution in [1.29, 1.82) is 0 Å². The summed E-state index contributed by atoms with van der Waals surface area (Å²) in [4.78, 5) is 2.30. The standard InChI is InChI=1S/C23H21Cl2NO/c1-17-21(25)13-8-14-22(17)26-16-20(15-24)27-23(26,18-9-4-2-5-10-18)19-11-6-3-7-12-19/h2-14,20H,15-16H2,1H3/t20-/m1/s1. The average Bonchev–Trinajstić information content (AvgIpc) is 3.12. The van der Waals surface area contributed by atoms with Crippen LogP contribution in [0.25, 0.3) is 0 Å². The van der Waals surface area contributed by atoms with Crippen molar-refractivity contribution in [2.75, 3.05) is 17.3 Å². The molecule has 1 aliphatic heterocycles. The minimum atomic E-state index is -0.752. The van der Waals surface area contributed by atoms with Crippen molar-refractivity contribution in [2.24, 2.45) is 0 Å². The van der Waals surface area contributed by atoms with Gasteiger partial charge < -0.3 is 9.64 Å². The first kappa shape index (κ1) is 18.4. The summed E-state index contributed by atoms with van der Waals surface area (Å²) in [7, 11) is 0. The molecule has 3 aromatic carbocycles. The SMILES string of the molecule is Cc1c(Cl)cccc1N1C[C@@H](CCl)OC1(c1ccccc1)c1ccccc1. The van der Waals surface area contributed by atoms with Gasteiger partial charge in [-0.2, -0.15) is 0 Å².